The molecule has 0 bridgehead atoms. The Labute approximate surface area is 106 Å². The average Bonchev–Trinajstić information content (AvgIpc) is 2.12. The van der Waals surface area contributed by atoms with Crippen molar-refractivity contribution in [3.8, 4) is 0 Å². The Morgan fingerprint density at radius 2 is 1.61 bits per heavy atom. The number of hydrogen-bond donors (Lipinski definition) is 2. The summed E-state index contributed by atoms with van der Waals surface area (Å²) in [7, 11) is -1.73. The first-order valence-electron chi connectivity index (χ1n) is 5.30. The summed E-state index contributed by atoms with van der Waals surface area (Å²) in [6, 6.07) is 0. The smallest absolute Gasteiger partial charge is 0.345 e. The van der Waals surface area contributed by atoms with Crippen molar-refractivity contribution in [2.75, 3.05) is 20.6 Å². The van der Waals surface area contributed by atoms with Crippen molar-refractivity contribution < 1.29 is 35.7 Å². The maximum Gasteiger partial charge on any atom is 0.522 e. The number of quaternary nitrogens is 1. The van der Waals surface area contributed by atoms with E-state index in [0.717, 1.165) is 6.54 Å². The Bertz CT molecular complexity index is 325. The number of aliphatic hydroxyl groups is 1. The van der Waals surface area contributed by atoms with Gasteiger partial charge in [-0.3, -0.25) is 4.55 Å². The number of alkyl halides is 3. The van der Waals surface area contributed by atoms with E-state index < -0.39 is 15.6 Å². The molecule has 1 unspecified atom stereocenters. The summed E-state index contributed by atoms with van der Waals surface area (Å²) in [5.74, 6) is 0. The minimum absolute atomic E-state index is 0.244. The van der Waals surface area contributed by atoms with Crippen molar-refractivity contribution in [3.05, 3.63) is 0 Å². The highest BCUT2D eigenvalue weighted by Gasteiger charge is 2.44. The molecule has 5 nitrogen and oxygen atoms in total. The van der Waals surface area contributed by atoms with Crippen LogP contribution in [0.4, 0.5) is 13.2 Å². The number of nitrogens with zero attached hydrogens (tertiary/aromatic N) is 1. The number of hydrogen-bond acceptors (Lipinski definition) is 3. The predicted molar refractivity (Wildman–Crippen MR) is 61.2 cm³/mol. The lowest BCUT2D eigenvalue weighted by molar-refractivity contribution is -0.934. The normalized spacial score (nSPS) is 14.7. The van der Waals surface area contributed by atoms with Gasteiger partial charge in [0.1, 0.15) is 0 Å². The molecule has 0 fully saturated rings. The molecule has 0 radical (unpaired) electrons. The van der Waals surface area contributed by atoms with Crippen molar-refractivity contribution in [1.29, 1.82) is 0 Å². The van der Waals surface area contributed by atoms with Crippen LogP contribution in [0.15, 0.2) is 0 Å². The van der Waals surface area contributed by atoms with Crippen LogP contribution in [0.5, 0.6) is 0 Å². The molecule has 18 heavy (non-hydrogen) atoms. The lowest BCUT2D eigenvalue weighted by Gasteiger charge is -2.32. The SMILES string of the molecule is CCCC[N+](C)(C)C(C)O.O=S(=O)(O)C(F)(F)F. The van der Waals surface area contributed by atoms with Gasteiger partial charge in [-0.05, 0) is 6.42 Å². The van der Waals surface area contributed by atoms with Crippen LogP contribution in [0.3, 0.4) is 0 Å². The van der Waals surface area contributed by atoms with Gasteiger partial charge in [-0.1, -0.05) is 13.3 Å². The maximum atomic E-state index is 10.7. The molecule has 0 aromatic carbocycles. The van der Waals surface area contributed by atoms with Crippen LogP contribution < -0.4 is 0 Å². The van der Waals surface area contributed by atoms with Gasteiger partial charge in [0.2, 0.25) is 0 Å². The zero-order valence-corrected chi connectivity index (χ0v) is 11.7. The van der Waals surface area contributed by atoms with Crippen LogP contribution in [0.1, 0.15) is 26.7 Å². The van der Waals surface area contributed by atoms with Crippen LogP contribution in [0, 0.1) is 0 Å². The average molecular weight is 296 g/mol. The molecule has 0 aliphatic carbocycles. The van der Waals surface area contributed by atoms with Gasteiger partial charge >= 0.3 is 15.6 Å². The summed E-state index contributed by atoms with van der Waals surface area (Å²) >= 11 is 0. The van der Waals surface area contributed by atoms with E-state index in [1.165, 1.54) is 12.8 Å². The predicted octanol–water partition coefficient (Wildman–Crippen LogP) is 1.60. The van der Waals surface area contributed by atoms with Crippen molar-refractivity contribution >= 4 is 10.1 Å². The summed E-state index contributed by atoms with van der Waals surface area (Å²) in [6.07, 6.45) is 2.15. The molecule has 0 aromatic heterocycles. The fraction of sp³-hybridized carbons (Fsp3) is 1.00. The molecule has 2 N–H and O–H groups in total. The monoisotopic (exact) mass is 296 g/mol. The second-order valence-electron chi connectivity index (χ2n) is 4.41. The van der Waals surface area contributed by atoms with E-state index in [1.807, 2.05) is 6.92 Å². The Balaban J connectivity index is 0. The summed E-state index contributed by atoms with van der Waals surface area (Å²) in [6.45, 7) is 5.08. The van der Waals surface area contributed by atoms with E-state index in [1.54, 1.807) is 0 Å². The highest BCUT2D eigenvalue weighted by atomic mass is 32.2. The van der Waals surface area contributed by atoms with Gasteiger partial charge in [0.25, 0.3) is 0 Å². The Hall–Kier alpha value is -0.380. The fourth-order valence-corrected chi connectivity index (χ4v) is 0.752. The molecule has 0 saturated heterocycles. The largest absolute Gasteiger partial charge is 0.522 e. The topological polar surface area (TPSA) is 74.6 Å². The van der Waals surface area contributed by atoms with Gasteiger partial charge in [-0.15, -0.1) is 0 Å². The molecule has 0 rings (SSSR count). The molecule has 1 atom stereocenters. The van der Waals surface area contributed by atoms with E-state index in [-0.39, 0.29) is 6.23 Å². The maximum absolute atomic E-state index is 10.7. The van der Waals surface area contributed by atoms with Gasteiger partial charge in [0.15, 0.2) is 6.23 Å². The highest BCUT2D eigenvalue weighted by molar-refractivity contribution is 7.86. The molecule has 0 heterocycles. The van der Waals surface area contributed by atoms with E-state index >= 15 is 0 Å². The number of rotatable bonds is 4. The molecule has 0 amide bonds. The Morgan fingerprint density at radius 3 is 1.78 bits per heavy atom. The third kappa shape index (κ3) is 8.67. The molecule has 0 spiro atoms. The second kappa shape index (κ2) is 7.27. The second-order valence-corrected chi connectivity index (χ2v) is 5.82. The zero-order valence-electron chi connectivity index (χ0n) is 10.9. The van der Waals surface area contributed by atoms with Gasteiger partial charge in [-0.25, -0.2) is 0 Å². The van der Waals surface area contributed by atoms with E-state index in [0.29, 0.717) is 4.48 Å². The zero-order chi connectivity index (χ0) is 15.2. The lowest BCUT2D eigenvalue weighted by Crippen LogP contribution is -2.47. The Kier molecular flexibility index (Phi) is 8.06. The van der Waals surface area contributed by atoms with Crippen LogP contribution in [0.2, 0.25) is 0 Å². The van der Waals surface area contributed by atoms with E-state index in [9.17, 15) is 18.3 Å². The van der Waals surface area contributed by atoms with Crippen LogP contribution in [0.25, 0.3) is 0 Å². The molecule has 0 aromatic rings. The molecule has 9 heteroatoms. The van der Waals surface area contributed by atoms with Crippen LogP contribution in [-0.2, 0) is 10.1 Å². The van der Waals surface area contributed by atoms with Crippen molar-refractivity contribution in [2.24, 2.45) is 0 Å². The van der Waals surface area contributed by atoms with Gasteiger partial charge < -0.3 is 9.59 Å². The lowest BCUT2D eigenvalue weighted by atomic mass is 10.3. The minimum Gasteiger partial charge on any atom is -0.345 e. The van der Waals surface area contributed by atoms with Gasteiger partial charge in [-0.2, -0.15) is 21.6 Å². The summed E-state index contributed by atoms with van der Waals surface area (Å²) in [4.78, 5) is 0. The third-order valence-corrected chi connectivity index (χ3v) is 2.98. The van der Waals surface area contributed by atoms with Crippen molar-refractivity contribution in [3.63, 3.8) is 0 Å². The molecule has 112 valence electrons. The molecule has 0 aliphatic rings. The Morgan fingerprint density at radius 1 is 1.28 bits per heavy atom. The summed E-state index contributed by atoms with van der Waals surface area (Å²) in [5.41, 5.74) is -5.53. The molecule has 0 saturated carbocycles. The molecular formula is C9H21F3NO4S+. The first-order chi connectivity index (χ1) is 7.75. The van der Waals surface area contributed by atoms with Crippen molar-refractivity contribution in [2.45, 2.75) is 38.4 Å². The van der Waals surface area contributed by atoms with Gasteiger partial charge in [0.05, 0.1) is 20.6 Å². The fourth-order valence-electron chi connectivity index (χ4n) is 0.752. The quantitative estimate of drug-likeness (QED) is 0.357. The van der Waals surface area contributed by atoms with E-state index in [2.05, 4.69) is 21.0 Å². The number of aliphatic hydroxyl groups excluding tert-OH is 1. The summed E-state index contributed by atoms with van der Waals surface area (Å²) < 4.78 is 58.3. The van der Waals surface area contributed by atoms with Gasteiger partial charge in [0, 0.05) is 6.92 Å². The highest BCUT2D eigenvalue weighted by Crippen LogP contribution is 2.20. The number of halogens is 3. The standard InChI is InChI=1S/C8H20NO.CHF3O3S/c1-5-6-7-9(3,4)8(2)10;2-1(3,4)8(5,6)7/h8,10H,5-7H2,1-4H3;(H,5,6,7)/q+1;. The van der Waals surface area contributed by atoms with E-state index in [4.69, 9.17) is 13.0 Å². The molecule has 0 aliphatic heterocycles. The first-order valence-corrected chi connectivity index (χ1v) is 6.74. The molecular weight excluding hydrogens is 275 g/mol. The van der Waals surface area contributed by atoms with Crippen molar-refractivity contribution in [1.82, 2.24) is 0 Å². The number of unbranched alkanes of at least 4 members (excludes halogenated alkanes) is 1. The van der Waals surface area contributed by atoms with Crippen LogP contribution >= 0.6 is 0 Å². The minimum atomic E-state index is -5.84. The van der Waals surface area contributed by atoms with Crippen LogP contribution in [-0.4, -0.2) is 54.9 Å². The third-order valence-electron chi connectivity index (χ3n) is 2.39. The summed E-state index contributed by atoms with van der Waals surface area (Å²) in [5, 5.41) is 9.28. The first kappa shape index (κ1) is 19.9.